The maximum absolute atomic E-state index is 12.7. The summed E-state index contributed by atoms with van der Waals surface area (Å²) in [6, 6.07) is 3.65. The molecule has 2 rings (SSSR count). The minimum absolute atomic E-state index is 0.135. The van der Waals surface area contributed by atoms with Crippen molar-refractivity contribution in [3.8, 4) is 0 Å². The first-order valence-electron chi connectivity index (χ1n) is 7.18. The Balaban J connectivity index is 2.38. The van der Waals surface area contributed by atoms with Gasteiger partial charge in [-0.05, 0) is 31.0 Å². The number of rotatable bonds is 4. The van der Waals surface area contributed by atoms with Crippen molar-refractivity contribution in [3.05, 3.63) is 28.8 Å². The lowest BCUT2D eigenvalue weighted by Gasteiger charge is -2.43. The molecule has 0 spiro atoms. The van der Waals surface area contributed by atoms with Crippen molar-refractivity contribution in [1.82, 2.24) is 0 Å². The highest BCUT2D eigenvalue weighted by molar-refractivity contribution is 7.52. The number of ether oxygens (including phenoxy) is 1. The molecule has 1 aliphatic carbocycles. The van der Waals surface area contributed by atoms with Crippen LogP contribution in [0, 0.1) is 13.8 Å². The normalized spacial score (nSPS) is 16.1. The van der Waals surface area contributed by atoms with E-state index in [0.717, 1.165) is 24.0 Å². The molecule has 0 atom stereocenters. The summed E-state index contributed by atoms with van der Waals surface area (Å²) in [5.74, 6) is -0.594. The fourth-order valence-corrected chi connectivity index (χ4v) is 3.03. The average Bonchev–Trinajstić information content (AvgIpc) is 3.21. The summed E-state index contributed by atoms with van der Waals surface area (Å²) in [7, 11) is 5.01. The number of likely N-dealkylation sites (N-methyl/N-ethyl adjacent to an activating group) is 1. The first-order chi connectivity index (χ1) is 10.1. The summed E-state index contributed by atoms with van der Waals surface area (Å²) in [5.41, 5.74) is 2.08. The highest BCUT2D eigenvalue weighted by Crippen LogP contribution is 2.45. The number of methoxy groups -OCH3 is 1. The Labute approximate surface area is 136 Å². The molecule has 0 radical (unpaired) electrons. The van der Waals surface area contributed by atoms with E-state index in [2.05, 4.69) is 5.32 Å². The van der Waals surface area contributed by atoms with Crippen LogP contribution in [0.4, 0.5) is 5.69 Å². The van der Waals surface area contributed by atoms with Crippen LogP contribution < -0.4 is 5.32 Å². The van der Waals surface area contributed by atoms with Gasteiger partial charge in [0.2, 0.25) is 0 Å². The molecule has 22 heavy (non-hydrogen) atoms. The van der Waals surface area contributed by atoms with Gasteiger partial charge in [0.05, 0.1) is 32.5 Å². The Morgan fingerprint density at radius 2 is 1.86 bits per heavy atom. The Bertz CT molecular complexity index is 631. The van der Waals surface area contributed by atoms with E-state index >= 15 is 0 Å². The summed E-state index contributed by atoms with van der Waals surface area (Å²) < 4.78 is 4.99. The zero-order chi connectivity index (χ0) is 16.7. The minimum Gasteiger partial charge on any atom is -0.494 e. The molecule has 1 saturated carbocycles. The molecule has 1 aromatic carbocycles. The fourth-order valence-electron chi connectivity index (χ4n) is 2.76. The summed E-state index contributed by atoms with van der Waals surface area (Å²) in [5, 5.41) is 2.91. The third kappa shape index (κ3) is 2.85. The minimum atomic E-state index is -0.583. The molecule has 1 amide bonds. The number of esters is 1. The maximum atomic E-state index is 12.7. The van der Waals surface area contributed by atoms with Gasteiger partial charge in [-0.2, -0.15) is 0 Å². The van der Waals surface area contributed by atoms with Crippen LogP contribution in [0.3, 0.4) is 0 Å². The lowest BCUT2D eigenvalue weighted by molar-refractivity contribution is -0.780. The lowest BCUT2D eigenvalue weighted by atomic mass is 10.0. The van der Waals surface area contributed by atoms with Crippen molar-refractivity contribution in [2.24, 2.45) is 0 Å². The summed E-state index contributed by atoms with van der Waals surface area (Å²) >= 11 is 5.42. The van der Waals surface area contributed by atoms with Crippen molar-refractivity contribution in [2.75, 3.05) is 26.5 Å². The first kappa shape index (κ1) is 16.8. The number of benzene rings is 1. The molecule has 0 saturated heterocycles. The van der Waals surface area contributed by atoms with Crippen LogP contribution in [0.5, 0.6) is 0 Å². The Morgan fingerprint density at radius 3 is 2.32 bits per heavy atom. The highest BCUT2D eigenvalue weighted by Gasteiger charge is 2.58. The van der Waals surface area contributed by atoms with Crippen LogP contribution in [-0.2, 0) is 22.3 Å². The van der Waals surface area contributed by atoms with Gasteiger partial charge in [0.1, 0.15) is 0 Å². The van der Waals surface area contributed by atoms with Crippen molar-refractivity contribution < 1.29 is 18.2 Å². The molecule has 120 valence electrons. The Hall–Kier alpha value is -1.53. The largest absolute Gasteiger partial charge is 0.494 e. The quantitative estimate of drug-likeness (QED) is 0.524. The maximum Gasteiger partial charge on any atom is 0.339 e. The molecule has 0 unspecified atom stereocenters. The van der Waals surface area contributed by atoms with E-state index < -0.39 is 11.5 Å². The van der Waals surface area contributed by atoms with Crippen molar-refractivity contribution >= 4 is 30.4 Å². The SMILES string of the molecule is COC(=O)c1cc(C)cc(C)c1NC(=O)C1([N+](C)(C)[S-])CC1. The number of nitrogens with one attached hydrogen (secondary N) is 1. The second-order valence-corrected chi connectivity index (χ2v) is 7.25. The molecule has 0 heterocycles. The first-order valence-corrected chi connectivity index (χ1v) is 7.55. The number of anilines is 1. The van der Waals surface area contributed by atoms with E-state index in [9.17, 15) is 9.59 Å². The highest BCUT2D eigenvalue weighted by atomic mass is 32.1. The average molecular weight is 322 g/mol. The molecule has 5 nitrogen and oxygen atoms in total. The van der Waals surface area contributed by atoms with Crippen molar-refractivity contribution in [1.29, 1.82) is 0 Å². The van der Waals surface area contributed by atoms with E-state index in [0.29, 0.717) is 11.3 Å². The van der Waals surface area contributed by atoms with E-state index in [4.69, 9.17) is 17.6 Å². The zero-order valence-electron chi connectivity index (χ0n) is 13.6. The van der Waals surface area contributed by atoms with Crippen LogP contribution in [0.15, 0.2) is 12.1 Å². The third-order valence-corrected chi connectivity index (χ3v) is 4.65. The third-order valence-electron chi connectivity index (χ3n) is 4.30. The summed E-state index contributed by atoms with van der Waals surface area (Å²) in [4.78, 5) is 24.7. The van der Waals surface area contributed by atoms with Gasteiger partial charge < -0.3 is 26.8 Å². The van der Waals surface area contributed by atoms with E-state index in [-0.39, 0.29) is 9.80 Å². The smallest absolute Gasteiger partial charge is 0.339 e. The molecule has 1 aliphatic rings. The van der Waals surface area contributed by atoms with Crippen LogP contribution >= 0.6 is 0 Å². The van der Waals surface area contributed by atoms with Gasteiger partial charge in [0.15, 0.2) is 5.54 Å². The van der Waals surface area contributed by atoms with Crippen LogP contribution in [0.1, 0.15) is 34.3 Å². The monoisotopic (exact) mass is 322 g/mol. The number of nitrogens with zero attached hydrogens (tertiary/aromatic N) is 1. The van der Waals surface area contributed by atoms with Gasteiger partial charge in [-0.1, -0.05) is 6.07 Å². The second kappa shape index (κ2) is 5.59. The van der Waals surface area contributed by atoms with Crippen molar-refractivity contribution in [3.63, 3.8) is 0 Å². The lowest BCUT2D eigenvalue weighted by Crippen LogP contribution is -2.53. The Morgan fingerprint density at radius 1 is 1.27 bits per heavy atom. The van der Waals surface area contributed by atoms with Gasteiger partial charge in [0.25, 0.3) is 5.91 Å². The van der Waals surface area contributed by atoms with Gasteiger partial charge in [0, 0.05) is 12.8 Å². The number of carbonyl (C=O) groups is 2. The number of amides is 1. The Kier molecular flexibility index (Phi) is 4.28. The zero-order valence-corrected chi connectivity index (χ0v) is 14.5. The molecule has 1 fully saturated rings. The number of aryl methyl sites for hydroxylation is 2. The van der Waals surface area contributed by atoms with Gasteiger partial charge in [-0.3, -0.25) is 4.79 Å². The van der Waals surface area contributed by atoms with Crippen molar-refractivity contribution in [2.45, 2.75) is 32.2 Å². The molecule has 0 aliphatic heterocycles. The molecule has 1 N–H and O–H groups in total. The van der Waals surface area contributed by atoms with Crippen LogP contribution in [-0.4, -0.2) is 42.5 Å². The number of hydrogen-bond acceptors (Lipinski definition) is 4. The standard InChI is InChI=1S/C16H22N2O3S/c1-10-8-11(2)13(12(9-10)14(19)21-5)17-15(20)16(6-7-16)18(3,4)22/h8-9H,6-7H2,1-5H3,(H,17,20). The van der Waals surface area contributed by atoms with Gasteiger partial charge in [-0.15, -0.1) is 0 Å². The summed E-state index contributed by atoms with van der Waals surface area (Å²) in [6.07, 6.45) is 1.52. The molecule has 1 aromatic rings. The topological polar surface area (TPSA) is 55.4 Å². The molecule has 0 bridgehead atoms. The molecular formula is C16H22N2O3S. The van der Waals surface area contributed by atoms with E-state index in [1.54, 1.807) is 6.07 Å². The molecular weight excluding hydrogens is 300 g/mol. The molecule has 0 aromatic heterocycles. The van der Waals surface area contributed by atoms with Gasteiger partial charge >= 0.3 is 5.97 Å². The second-order valence-electron chi connectivity index (χ2n) is 6.33. The molecule has 6 heteroatoms. The van der Waals surface area contributed by atoms with E-state index in [1.165, 1.54) is 7.11 Å². The van der Waals surface area contributed by atoms with Crippen LogP contribution in [0.25, 0.3) is 0 Å². The fraction of sp³-hybridized carbons (Fsp3) is 0.500. The number of quaternary nitrogens is 1. The number of carbonyl (C=O) groups excluding carboxylic acids is 2. The van der Waals surface area contributed by atoms with E-state index in [1.807, 2.05) is 34.0 Å². The number of hydrogen-bond donors (Lipinski definition) is 1. The predicted molar refractivity (Wildman–Crippen MR) is 87.3 cm³/mol. The summed E-state index contributed by atoms with van der Waals surface area (Å²) in [6.45, 7) is 3.76. The van der Waals surface area contributed by atoms with Crippen LogP contribution in [0.2, 0.25) is 0 Å². The predicted octanol–water partition coefficient (Wildman–Crippen LogP) is 2.10. The van der Waals surface area contributed by atoms with Gasteiger partial charge in [-0.25, -0.2) is 4.79 Å².